The number of carbonyl (C=O) groups excluding carboxylic acids is 1. The number of aliphatic hydroxyl groups excluding tert-OH is 1. The molecule has 112 valence electrons. The van der Waals surface area contributed by atoms with Gasteiger partial charge in [-0.1, -0.05) is 19.4 Å². The van der Waals surface area contributed by atoms with Crippen molar-refractivity contribution >= 4 is 5.97 Å². The lowest BCUT2D eigenvalue weighted by Crippen LogP contribution is -2.11. The van der Waals surface area contributed by atoms with Crippen molar-refractivity contribution < 1.29 is 24.1 Å². The Balaban J connectivity index is 2.88. The molecule has 0 spiro atoms. The lowest BCUT2D eigenvalue weighted by Gasteiger charge is -2.15. The normalized spacial score (nSPS) is 10.2. The summed E-state index contributed by atoms with van der Waals surface area (Å²) >= 11 is 0. The minimum absolute atomic E-state index is 0.109. The second-order valence-electron chi connectivity index (χ2n) is 4.17. The highest BCUT2D eigenvalue weighted by molar-refractivity contribution is 5.74. The Kier molecular flexibility index (Phi) is 7.50. The number of benzene rings is 1. The molecule has 0 heterocycles. The number of hydrogen-bond donors (Lipinski definition) is 1. The van der Waals surface area contributed by atoms with E-state index in [2.05, 4.69) is 0 Å². The fourth-order valence-corrected chi connectivity index (χ4v) is 1.62. The molecule has 0 aliphatic heterocycles. The van der Waals surface area contributed by atoms with Crippen molar-refractivity contribution in [3.8, 4) is 17.2 Å². The van der Waals surface area contributed by atoms with Gasteiger partial charge in [0, 0.05) is 6.42 Å². The average molecular weight is 282 g/mol. The standard InChI is InChI=1S/C15H22O5/c1-3-5-9-14(17)20-15-12(18-4-2)7-6-8-13(15)19-11-10-16/h6-8,16H,3-5,9-11H2,1-2H3. The predicted octanol–water partition coefficient (Wildman–Crippen LogP) is 2.55. The molecule has 0 saturated heterocycles. The first-order chi connectivity index (χ1) is 9.72. The molecule has 1 rings (SSSR count). The number of para-hydroxylation sites is 1. The van der Waals surface area contributed by atoms with Crippen LogP contribution in [0.3, 0.4) is 0 Å². The van der Waals surface area contributed by atoms with E-state index in [0.29, 0.717) is 24.5 Å². The number of aliphatic hydroxyl groups is 1. The maximum atomic E-state index is 11.8. The van der Waals surface area contributed by atoms with E-state index in [-0.39, 0.29) is 24.9 Å². The van der Waals surface area contributed by atoms with Crippen LogP contribution in [0.1, 0.15) is 33.1 Å². The van der Waals surface area contributed by atoms with E-state index >= 15 is 0 Å². The van der Waals surface area contributed by atoms with Crippen LogP contribution in [0.15, 0.2) is 18.2 Å². The first-order valence-electron chi connectivity index (χ1n) is 6.93. The van der Waals surface area contributed by atoms with E-state index in [0.717, 1.165) is 12.8 Å². The number of esters is 1. The Hall–Kier alpha value is -1.75. The third-order valence-corrected chi connectivity index (χ3v) is 2.54. The summed E-state index contributed by atoms with van der Waals surface area (Å²) in [7, 11) is 0. The highest BCUT2D eigenvalue weighted by atomic mass is 16.6. The Bertz CT molecular complexity index is 417. The Morgan fingerprint density at radius 2 is 1.90 bits per heavy atom. The molecule has 0 amide bonds. The number of carbonyl (C=O) groups is 1. The minimum Gasteiger partial charge on any atom is -0.490 e. The molecule has 1 N–H and O–H groups in total. The lowest BCUT2D eigenvalue weighted by atomic mass is 10.2. The van der Waals surface area contributed by atoms with Crippen molar-refractivity contribution in [3.63, 3.8) is 0 Å². The SMILES string of the molecule is CCCCC(=O)Oc1c(OCC)cccc1OCCO. The highest BCUT2D eigenvalue weighted by Crippen LogP contribution is 2.37. The summed E-state index contributed by atoms with van der Waals surface area (Å²) in [5.74, 6) is 0.833. The monoisotopic (exact) mass is 282 g/mol. The molecule has 0 saturated carbocycles. The molecule has 5 heteroatoms. The fourth-order valence-electron chi connectivity index (χ4n) is 1.62. The summed E-state index contributed by atoms with van der Waals surface area (Å²) in [5.41, 5.74) is 0. The molecule has 1 aromatic carbocycles. The molecule has 0 atom stereocenters. The second kappa shape index (κ2) is 9.20. The summed E-state index contributed by atoms with van der Waals surface area (Å²) in [5, 5.41) is 8.83. The number of rotatable bonds is 9. The molecule has 0 bridgehead atoms. The van der Waals surface area contributed by atoms with Gasteiger partial charge in [-0.2, -0.15) is 0 Å². The minimum atomic E-state index is -0.312. The summed E-state index contributed by atoms with van der Waals surface area (Å²) in [6, 6.07) is 5.15. The van der Waals surface area contributed by atoms with E-state index in [9.17, 15) is 4.79 Å². The van der Waals surface area contributed by atoms with Crippen LogP contribution in [0, 0.1) is 0 Å². The van der Waals surface area contributed by atoms with Crippen molar-refractivity contribution in [2.45, 2.75) is 33.1 Å². The van der Waals surface area contributed by atoms with Gasteiger partial charge in [-0.15, -0.1) is 0 Å². The topological polar surface area (TPSA) is 65.0 Å². The zero-order valence-electron chi connectivity index (χ0n) is 12.1. The maximum Gasteiger partial charge on any atom is 0.311 e. The zero-order valence-corrected chi connectivity index (χ0v) is 12.1. The number of unbranched alkanes of at least 4 members (excludes halogenated alkanes) is 1. The molecule has 20 heavy (non-hydrogen) atoms. The number of ether oxygens (including phenoxy) is 3. The largest absolute Gasteiger partial charge is 0.490 e. The van der Waals surface area contributed by atoms with Gasteiger partial charge in [-0.05, 0) is 25.5 Å². The van der Waals surface area contributed by atoms with E-state index in [1.807, 2.05) is 13.8 Å². The fraction of sp³-hybridized carbons (Fsp3) is 0.533. The molecule has 5 nitrogen and oxygen atoms in total. The van der Waals surface area contributed by atoms with Crippen molar-refractivity contribution in [1.82, 2.24) is 0 Å². The van der Waals surface area contributed by atoms with Crippen LogP contribution in [-0.2, 0) is 4.79 Å². The van der Waals surface area contributed by atoms with E-state index in [1.165, 1.54) is 0 Å². The second-order valence-corrected chi connectivity index (χ2v) is 4.17. The third-order valence-electron chi connectivity index (χ3n) is 2.54. The van der Waals surface area contributed by atoms with E-state index in [1.54, 1.807) is 18.2 Å². The molecule has 0 aliphatic carbocycles. The molecular weight excluding hydrogens is 260 g/mol. The summed E-state index contributed by atoms with van der Waals surface area (Å²) in [4.78, 5) is 11.8. The van der Waals surface area contributed by atoms with Crippen molar-refractivity contribution in [3.05, 3.63) is 18.2 Å². The van der Waals surface area contributed by atoms with Gasteiger partial charge in [0.25, 0.3) is 0 Å². The van der Waals surface area contributed by atoms with Gasteiger partial charge in [-0.25, -0.2) is 0 Å². The highest BCUT2D eigenvalue weighted by Gasteiger charge is 2.16. The van der Waals surface area contributed by atoms with Crippen LogP contribution in [0.25, 0.3) is 0 Å². The van der Waals surface area contributed by atoms with Crippen LogP contribution in [0.2, 0.25) is 0 Å². The maximum absolute atomic E-state index is 11.8. The van der Waals surface area contributed by atoms with Gasteiger partial charge in [0.2, 0.25) is 5.75 Å². The molecule has 0 unspecified atom stereocenters. The average Bonchev–Trinajstić information content (AvgIpc) is 2.45. The zero-order chi connectivity index (χ0) is 14.8. The Labute approximate surface area is 119 Å². The molecule has 0 radical (unpaired) electrons. The Morgan fingerprint density at radius 1 is 1.20 bits per heavy atom. The van der Waals surface area contributed by atoms with Crippen molar-refractivity contribution in [2.24, 2.45) is 0 Å². The smallest absolute Gasteiger partial charge is 0.311 e. The molecular formula is C15H22O5. The van der Waals surface area contributed by atoms with Gasteiger partial charge < -0.3 is 19.3 Å². The van der Waals surface area contributed by atoms with E-state index < -0.39 is 0 Å². The van der Waals surface area contributed by atoms with Crippen LogP contribution in [0.5, 0.6) is 17.2 Å². The number of hydrogen-bond acceptors (Lipinski definition) is 5. The van der Waals surface area contributed by atoms with Crippen LogP contribution < -0.4 is 14.2 Å². The van der Waals surface area contributed by atoms with Crippen molar-refractivity contribution in [1.29, 1.82) is 0 Å². The Morgan fingerprint density at radius 3 is 2.50 bits per heavy atom. The first kappa shape index (κ1) is 16.3. The van der Waals surface area contributed by atoms with Gasteiger partial charge >= 0.3 is 5.97 Å². The summed E-state index contributed by atoms with van der Waals surface area (Å²) in [6.45, 7) is 4.35. The third kappa shape index (κ3) is 5.09. The molecule has 0 aromatic heterocycles. The molecule has 1 aromatic rings. The van der Waals surface area contributed by atoms with Crippen LogP contribution in [0.4, 0.5) is 0 Å². The van der Waals surface area contributed by atoms with Gasteiger partial charge in [0.1, 0.15) is 6.61 Å². The van der Waals surface area contributed by atoms with Crippen LogP contribution in [-0.4, -0.2) is 30.9 Å². The predicted molar refractivity (Wildman–Crippen MR) is 75.4 cm³/mol. The van der Waals surface area contributed by atoms with Gasteiger partial charge in [0.05, 0.1) is 13.2 Å². The van der Waals surface area contributed by atoms with Crippen LogP contribution >= 0.6 is 0 Å². The summed E-state index contributed by atoms with van der Waals surface area (Å²) in [6.07, 6.45) is 2.06. The lowest BCUT2D eigenvalue weighted by molar-refractivity contribution is -0.134. The first-order valence-corrected chi connectivity index (χ1v) is 6.93. The van der Waals surface area contributed by atoms with E-state index in [4.69, 9.17) is 19.3 Å². The van der Waals surface area contributed by atoms with Gasteiger partial charge in [0.15, 0.2) is 11.5 Å². The quantitative estimate of drug-likeness (QED) is 0.557. The summed E-state index contributed by atoms with van der Waals surface area (Å²) < 4.78 is 16.2. The molecule has 0 fully saturated rings. The van der Waals surface area contributed by atoms with Crippen molar-refractivity contribution in [2.75, 3.05) is 19.8 Å². The molecule has 0 aliphatic rings. The van der Waals surface area contributed by atoms with Gasteiger partial charge in [-0.3, -0.25) is 4.79 Å².